The number of ether oxygens (including phenoxy) is 1. The minimum Gasteiger partial charge on any atom is -0.507 e. The van der Waals surface area contributed by atoms with E-state index in [1.54, 1.807) is 0 Å². The molecule has 1 aromatic rings. The van der Waals surface area contributed by atoms with E-state index in [9.17, 15) is 19.8 Å². The summed E-state index contributed by atoms with van der Waals surface area (Å²) in [4.78, 5) is 23.3. The van der Waals surface area contributed by atoms with Crippen LogP contribution in [0.25, 0.3) is 0 Å². The van der Waals surface area contributed by atoms with Gasteiger partial charge in [0, 0.05) is 6.42 Å². The fourth-order valence-electron chi connectivity index (χ4n) is 3.31. The number of hydrogen-bond donors (Lipinski definition) is 2. The second-order valence-electron chi connectivity index (χ2n) is 6.27. The van der Waals surface area contributed by atoms with E-state index in [1.165, 1.54) is 0 Å². The number of rotatable bonds is 1. The molecule has 5 nitrogen and oxygen atoms in total. The molecule has 0 saturated heterocycles. The zero-order chi connectivity index (χ0) is 14.7. The molecular weight excluding hydrogens is 260 g/mol. The number of phenolic OH excluding ortho intramolecular Hbond substituents is 1. The lowest BCUT2D eigenvalue weighted by Gasteiger charge is -2.25. The van der Waals surface area contributed by atoms with E-state index in [1.807, 2.05) is 13.8 Å². The average Bonchev–Trinajstić information content (AvgIpc) is 2.64. The third-order valence-electron chi connectivity index (χ3n) is 4.09. The predicted octanol–water partition coefficient (Wildman–Crippen LogP) is 1.36. The normalized spacial score (nSPS) is 22.9. The molecule has 2 aliphatic rings. The van der Waals surface area contributed by atoms with Crippen molar-refractivity contribution in [2.75, 3.05) is 0 Å². The van der Waals surface area contributed by atoms with E-state index in [4.69, 9.17) is 4.74 Å². The summed E-state index contributed by atoms with van der Waals surface area (Å²) in [6, 6.07) is 0. The molecule has 0 radical (unpaired) electrons. The number of cyclic esters (lactones) is 1. The highest BCUT2D eigenvalue weighted by Crippen LogP contribution is 2.46. The number of fused-ring (bicyclic) bond motifs is 3. The van der Waals surface area contributed by atoms with Gasteiger partial charge in [0.25, 0.3) is 0 Å². The number of aromatic hydroxyl groups is 1. The smallest absolute Gasteiger partial charge is 0.341 e. The molecule has 1 aromatic carbocycles. The fraction of sp³-hybridized carbons (Fsp3) is 0.467. The van der Waals surface area contributed by atoms with Crippen LogP contribution < -0.4 is 0 Å². The van der Waals surface area contributed by atoms with Crippen LogP contribution in [0.1, 0.15) is 51.3 Å². The number of benzene rings is 1. The van der Waals surface area contributed by atoms with Crippen LogP contribution in [0.15, 0.2) is 0 Å². The number of carbonyl (C=O) groups excluding carboxylic acids is 2. The molecule has 0 fully saturated rings. The highest BCUT2D eigenvalue weighted by molar-refractivity contribution is 5.99. The fourth-order valence-corrected chi connectivity index (χ4v) is 3.31. The van der Waals surface area contributed by atoms with Gasteiger partial charge in [0.2, 0.25) is 6.29 Å². The Bertz CT molecular complexity index is 630. The SMILES string of the molecule is CC1(C)Cc2c(O)c(C=O)c3c(c2C1)C(=O)O[C@@H](O)C3. The second-order valence-corrected chi connectivity index (χ2v) is 6.27. The Morgan fingerprint density at radius 1 is 1.25 bits per heavy atom. The Labute approximate surface area is 116 Å². The Morgan fingerprint density at radius 2 is 1.90 bits per heavy atom. The summed E-state index contributed by atoms with van der Waals surface area (Å²) in [6.45, 7) is 4.09. The zero-order valence-corrected chi connectivity index (χ0v) is 11.4. The number of hydrogen-bond acceptors (Lipinski definition) is 5. The van der Waals surface area contributed by atoms with Crippen molar-refractivity contribution in [2.45, 2.75) is 39.4 Å². The van der Waals surface area contributed by atoms with Crippen molar-refractivity contribution in [1.29, 1.82) is 0 Å². The number of carbonyl (C=O) groups is 2. The van der Waals surface area contributed by atoms with Crippen molar-refractivity contribution in [3.05, 3.63) is 27.8 Å². The molecule has 1 aliphatic heterocycles. The van der Waals surface area contributed by atoms with E-state index in [0.29, 0.717) is 35.8 Å². The van der Waals surface area contributed by atoms with Gasteiger partial charge in [-0.2, -0.15) is 0 Å². The van der Waals surface area contributed by atoms with Gasteiger partial charge < -0.3 is 14.9 Å². The molecule has 1 heterocycles. The van der Waals surface area contributed by atoms with Gasteiger partial charge in [-0.05, 0) is 34.9 Å². The molecule has 0 amide bonds. The Kier molecular flexibility index (Phi) is 2.66. The Morgan fingerprint density at radius 3 is 2.55 bits per heavy atom. The first-order chi connectivity index (χ1) is 9.34. The van der Waals surface area contributed by atoms with Crippen LogP contribution in [0.4, 0.5) is 0 Å². The largest absolute Gasteiger partial charge is 0.507 e. The quantitative estimate of drug-likeness (QED) is 0.597. The Balaban J connectivity index is 2.32. The molecule has 2 N–H and O–H groups in total. The van der Waals surface area contributed by atoms with Gasteiger partial charge in [0.05, 0.1) is 11.1 Å². The lowest BCUT2D eigenvalue weighted by molar-refractivity contribution is -0.0688. The van der Waals surface area contributed by atoms with Crippen LogP contribution in [0.5, 0.6) is 5.75 Å². The maximum Gasteiger partial charge on any atom is 0.341 e. The molecule has 0 bridgehead atoms. The van der Waals surface area contributed by atoms with Gasteiger partial charge >= 0.3 is 5.97 Å². The predicted molar refractivity (Wildman–Crippen MR) is 69.8 cm³/mol. The maximum absolute atomic E-state index is 12.1. The van der Waals surface area contributed by atoms with Crippen LogP contribution in [-0.4, -0.2) is 28.8 Å². The molecule has 0 aromatic heterocycles. The van der Waals surface area contributed by atoms with Crippen molar-refractivity contribution >= 4 is 12.3 Å². The van der Waals surface area contributed by atoms with Crippen LogP contribution in [-0.2, 0) is 24.0 Å². The monoisotopic (exact) mass is 276 g/mol. The van der Waals surface area contributed by atoms with E-state index in [-0.39, 0.29) is 23.1 Å². The molecule has 20 heavy (non-hydrogen) atoms. The molecule has 5 heteroatoms. The number of aliphatic hydroxyl groups excluding tert-OH is 1. The standard InChI is InChI=1S/C15H16O5/c1-15(2)4-8-9(5-15)13(18)10(6-16)7-3-11(17)20-14(19)12(7)8/h6,11,17-18H,3-5H2,1-2H3/t11-/m1/s1. The highest BCUT2D eigenvalue weighted by Gasteiger charge is 2.40. The lowest BCUT2D eigenvalue weighted by Crippen LogP contribution is -2.29. The van der Waals surface area contributed by atoms with E-state index < -0.39 is 12.3 Å². The summed E-state index contributed by atoms with van der Waals surface area (Å²) in [6.07, 6.45) is 0.572. The molecule has 0 saturated carbocycles. The van der Waals surface area contributed by atoms with Gasteiger partial charge in [0.1, 0.15) is 5.75 Å². The summed E-state index contributed by atoms with van der Waals surface area (Å²) in [5.74, 6) is -0.669. The van der Waals surface area contributed by atoms with Crippen molar-refractivity contribution in [3.8, 4) is 5.75 Å². The van der Waals surface area contributed by atoms with Gasteiger partial charge in [0.15, 0.2) is 6.29 Å². The third-order valence-corrected chi connectivity index (χ3v) is 4.09. The van der Waals surface area contributed by atoms with Crippen LogP contribution in [0, 0.1) is 5.41 Å². The average molecular weight is 276 g/mol. The van der Waals surface area contributed by atoms with Crippen LogP contribution >= 0.6 is 0 Å². The van der Waals surface area contributed by atoms with E-state index in [0.717, 1.165) is 5.56 Å². The minimum atomic E-state index is -1.26. The first-order valence-corrected chi connectivity index (χ1v) is 6.58. The molecule has 0 unspecified atom stereocenters. The van der Waals surface area contributed by atoms with E-state index >= 15 is 0 Å². The minimum absolute atomic E-state index is 0.0381. The summed E-state index contributed by atoms with van der Waals surface area (Å²) in [7, 11) is 0. The summed E-state index contributed by atoms with van der Waals surface area (Å²) in [5, 5.41) is 19.9. The summed E-state index contributed by atoms with van der Waals surface area (Å²) >= 11 is 0. The number of aldehydes is 1. The van der Waals surface area contributed by atoms with Gasteiger partial charge in [-0.1, -0.05) is 13.8 Å². The van der Waals surface area contributed by atoms with Crippen molar-refractivity contribution in [3.63, 3.8) is 0 Å². The maximum atomic E-state index is 12.1. The molecule has 3 rings (SSSR count). The first-order valence-electron chi connectivity index (χ1n) is 6.58. The summed E-state index contributed by atoms with van der Waals surface area (Å²) < 4.78 is 4.86. The Hall–Kier alpha value is -1.88. The van der Waals surface area contributed by atoms with Crippen LogP contribution in [0.3, 0.4) is 0 Å². The first kappa shape index (κ1) is 13.1. The van der Waals surface area contributed by atoms with Crippen molar-refractivity contribution < 1.29 is 24.5 Å². The molecule has 106 valence electrons. The second kappa shape index (κ2) is 4.06. The van der Waals surface area contributed by atoms with Crippen molar-refractivity contribution in [2.24, 2.45) is 5.41 Å². The van der Waals surface area contributed by atoms with Crippen LogP contribution in [0.2, 0.25) is 0 Å². The number of aliphatic hydroxyl groups is 1. The third kappa shape index (κ3) is 1.73. The zero-order valence-electron chi connectivity index (χ0n) is 11.4. The molecule has 1 aliphatic carbocycles. The van der Waals surface area contributed by atoms with Gasteiger partial charge in [-0.15, -0.1) is 0 Å². The number of phenols is 1. The lowest BCUT2D eigenvalue weighted by atomic mass is 9.88. The van der Waals surface area contributed by atoms with Crippen molar-refractivity contribution in [1.82, 2.24) is 0 Å². The molecular formula is C15H16O5. The van der Waals surface area contributed by atoms with E-state index in [2.05, 4.69) is 0 Å². The highest BCUT2D eigenvalue weighted by atomic mass is 16.6. The van der Waals surface area contributed by atoms with Gasteiger partial charge in [-0.25, -0.2) is 4.79 Å². The molecule has 0 spiro atoms. The number of esters is 1. The molecule has 1 atom stereocenters. The topological polar surface area (TPSA) is 83.8 Å². The van der Waals surface area contributed by atoms with Gasteiger partial charge in [-0.3, -0.25) is 4.79 Å². The summed E-state index contributed by atoms with van der Waals surface area (Å²) in [5.41, 5.74) is 2.20.